The van der Waals surface area contributed by atoms with Crippen molar-refractivity contribution in [2.45, 2.75) is 32.6 Å². The maximum Gasteiger partial charge on any atom is 0.149 e. The molecule has 0 radical (unpaired) electrons. The first-order valence-corrected chi connectivity index (χ1v) is 6.16. The van der Waals surface area contributed by atoms with E-state index in [1.807, 2.05) is 19.2 Å². The summed E-state index contributed by atoms with van der Waals surface area (Å²) in [6.07, 6.45) is 7.45. The van der Waals surface area contributed by atoms with Crippen LogP contribution in [0.15, 0.2) is 12.3 Å². The summed E-state index contributed by atoms with van der Waals surface area (Å²) in [6, 6.07) is 1.95. The fourth-order valence-electron chi connectivity index (χ4n) is 2.56. The third kappa shape index (κ3) is 1.64. The molecule has 2 aliphatic carbocycles. The Labute approximate surface area is 96.4 Å². The van der Waals surface area contributed by atoms with E-state index in [0.29, 0.717) is 5.41 Å². The highest BCUT2D eigenvalue weighted by atomic mass is 15.0. The molecule has 1 aromatic rings. The average Bonchev–Trinajstić information content (AvgIpc) is 3.14. The summed E-state index contributed by atoms with van der Waals surface area (Å²) in [4.78, 5) is 4.31. The zero-order chi connectivity index (χ0) is 11.2. The number of pyridine rings is 1. The number of anilines is 2. The number of rotatable bonds is 4. The molecule has 0 amide bonds. The van der Waals surface area contributed by atoms with Crippen LogP contribution in [0.3, 0.4) is 0 Å². The molecule has 3 heteroatoms. The highest BCUT2D eigenvalue weighted by Gasteiger charge is 2.53. The van der Waals surface area contributed by atoms with Crippen LogP contribution in [0.4, 0.5) is 11.5 Å². The summed E-state index contributed by atoms with van der Waals surface area (Å²) in [5.74, 6) is 1.85. The predicted octanol–water partition coefficient (Wildman–Crippen LogP) is 2.57. The number of aromatic nitrogens is 1. The maximum atomic E-state index is 6.00. The Bertz CT molecular complexity index is 406. The van der Waals surface area contributed by atoms with E-state index in [4.69, 9.17) is 5.73 Å². The second-order valence-electron chi connectivity index (χ2n) is 5.38. The lowest BCUT2D eigenvalue weighted by atomic mass is 10.0. The zero-order valence-electron chi connectivity index (χ0n) is 9.79. The van der Waals surface area contributed by atoms with E-state index in [0.717, 1.165) is 29.5 Å². The Balaban J connectivity index is 1.68. The zero-order valence-corrected chi connectivity index (χ0v) is 9.79. The summed E-state index contributed by atoms with van der Waals surface area (Å²) < 4.78 is 0. The monoisotopic (exact) mass is 217 g/mol. The Kier molecular flexibility index (Phi) is 2.09. The average molecular weight is 217 g/mol. The van der Waals surface area contributed by atoms with E-state index in [2.05, 4.69) is 10.3 Å². The summed E-state index contributed by atoms with van der Waals surface area (Å²) in [5, 5.41) is 3.44. The molecule has 16 heavy (non-hydrogen) atoms. The molecule has 0 bridgehead atoms. The van der Waals surface area contributed by atoms with Crippen LogP contribution in [0, 0.1) is 18.3 Å². The van der Waals surface area contributed by atoms with Gasteiger partial charge in [-0.1, -0.05) is 0 Å². The van der Waals surface area contributed by atoms with Gasteiger partial charge in [0.15, 0.2) is 0 Å². The summed E-state index contributed by atoms with van der Waals surface area (Å²) in [5.41, 5.74) is 8.50. The molecule has 1 heterocycles. The molecular weight excluding hydrogens is 198 g/mol. The van der Waals surface area contributed by atoms with E-state index in [-0.39, 0.29) is 0 Å². The van der Waals surface area contributed by atoms with E-state index in [1.54, 1.807) is 0 Å². The van der Waals surface area contributed by atoms with Gasteiger partial charge in [0.2, 0.25) is 0 Å². The van der Waals surface area contributed by atoms with E-state index >= 15 is 0 Å². The molecule has 0 aromatic carbocycles. The van der Waals surface area contributed by atoms with Crippen LogP contribution in [0.25, 0.3) is 0 Å². The van der Waals surface area contributed by atoms with Crippen molar-refractivity contribution in [1.82, 2.24) is 4.98 Å². The van der Waals surface area contributed by atoms with Crippen molar-refractivity contribution in [3.05, 3.63) is 17.8 Å². The molecule has 2 aliphatic rings. The summed E-state index contributed by atoms with van der Waals surface area (Å²) in [6.45, 7) is 3.08. The second kappa shape index (κ2) is 3.37. The van der Waals surface area contributed by atoms with E-state index in [1.165, 1.54) is 25.7 Å². The summed E-state index contributed by atoms with van der Waals surface area (Å²) >= 11 is 0. The standard InChI is InChI=1S/C13H19N3/c1-9-4-7-15-12(11(9)14)16-8-13(5-6-13)10-2-3-10/h4,7,10H,2-3,5-6,8,14H2,1H3,(H,15,16). The Morgan fingerprint density at radius 1 is 1.50 bits per heavy atom. The molecule has 1 aromatic heterocycles. The minimum atomic E-state index is 0.595. The minimum absolute atomic E-state index is 0.595. The van der Waals surface area contributed by atoms with Crippen molar-refractivity contribution in [3.8, 4) is 0 Å². The lowest BCUT2D eigenvalue weighted by molar-refractivity contribution is 0.466. The quantitative estimate of drug-likeness (QED) is 0.815. The fourth-order valence-corrected chi connectivity index (χ4v) is 2.56. The lowest BCUT2D eigenvalue weighted by Gasteiger charge is -2.16. The van der Waals surface area contributed by atoms with Crippen LogP contribution in [-0.4, -0.2) is 11.5 Å². The normalized spacial score (nSPS) is 21.8. The smallest absolute Gasteiger partial charge is 0.149 e. The molecule has 0 atom stereocenters. The molecule has 0 aliphatic heterocycles. The number of nitrogens with zero attached hydrogens (tertiary/aromatic N) is 1. The summed E-state index contributed by atoms with van der Waals surface area (Å²) in [7, 11) is 0. The van der Waals surface area contributed by atoms with Crippen molar-refractivity contribution in [3.63, 3.8) is 0 Å². The van der Waals surface area contributed by atoms with Crippen molar-refractivity contribution >= 4 is 11.5 Å². The van der Waals surface area contributed by atoms with Gasteiger partial charge in [-0.2, -0.15) is 0 Å². The Morgan fingerprint density at radius 2 is 2.25 bits per heavy atom. The third-order valence-electron chi connectivity index (χ3n) is 4.15. The number of hydrogen-bond acceptors (Lipinski definition) is 3. The van der Waals surface area contributed by atoms with Crippen LogP contribution >= 0.6 is 0 Å². The molecule has 0 spiro atoms. The van der Waals surface area contributed by atoms with Crippen LogP contribution < -0.4 is 11.1 Å². The highest BCUT2D eigenvalue weighted by Crippen LogP contribution is 2.61. The van der Waals surface area contributed by atoms with Crippen molar-refractivity contribution in [2.24, 2.45) is 11.3 Å². The number of hydrogen-bond donors (Lipinski definition) is 2. The number of aryl methyl sites for hydroxylation is 1. The van der Waals surface area contributed by atoms with Gasteiger partial charge >= 0.3 is 0 Å². The molecule has 3 N–H and O–H groups in total. The van der Waals surface area contributed by atoms with Crippen LogP contribution in [-0.2, 0) is 0 Å². The van der Waals surface area contributed by atoms with Gasteiger partial charge in [0.25, 0.3) is 0 Å². The van der Waals surface area contributed by atoms with Gasteiger partial charge in [0.1, 0.15) is 5.82 Å². The Morgan fingerprint density at radius 3 is 2.88 bits per heavy atom. The maximum absolute atomic E-state index is 6.00. The van der Waals surface area contributed by atoms with E-state index < -0.39 is 0 Å². The molecule has 3 nitrogen and oxygen atoms in total. The van der Waals surface area contributed by atoms with Gasteiger partial charge in [0, 0.05) is 12.7 Å². The first kappa shape index (κ1) is 9.94. The number of nitrogens with one attached hydrogen (secondary N) is 1. The van der Waals surface area contributed by atoms with Crippen molar-refractivity contribution < 1.29 is 0 Å². The van der Waals surface area contributed by atoms with Gasteiger partial charge in [-0.15, -0.1) is 0 Å². The third-order valence-corrected chi connectivity index (χ3v) is 4.15. The predicted molar refractivity (Wildman–Crippen MR) is 66.3 cm³/mol. The molecule has 0 saturated heterocycles. The largest absolute Gasteiger partial charge is 0.396 e. The molecule has 0 unspecified atom stereocenters. The SMILES string of the molecule is Cc1ccnc(NCC2(C3CC3)CC2)c1N. The van der Waals surface area contributed by atoms with Gasteiger partial charge < -0.3 is 11.1 Å². The molecule has 2 fully saturated rings. The van der Waals surface area contributed by atoms with Crippen LogP contribution in [0.1, 0.15) is 31.2 Å². The fraction of sp³-hybridized carbons (Fsp3) is 0.615. The van der Waals surface area contributed by atoms with Crippen molar-refractivity contribution in [2.75, 3.05) is 17.6 Å². The van der Waals surface area contributed by atoms with Gasteiger partial charge in [-0.05, 0) is 55.6 Å². The van der Waals surface area contributed by atoms with Gasteiger partial charge in [-0.25, -0.2) is 4.98 Å². The van der Waals surface area contributed by atoms with E-state index in [9.17, 15) is 0 Å². The molecule has 86 valence electrons. The molecule has 2 saturated carbocycles. The van der Waals surface area contributed by atoms with Crippen molar-refractivity contribution in [1.29, 1.82) is 0 Å². The number of nitrogens with two attached hydrogens (primary N) is 1. The lowest BCUT2D eigenvalue weighted by Crippen LogP contribution is -2.18. The molecule has 3 rings (SSSR count). The minimum Gasteiger partial charge on any atom is -0.396 e. The Hall–Kier alpha value is -1.25. The second-order valence-corrected chi connectivity index (χ2v) is 5.38. The topological polar surface area (TPSA) is 50.9 Å². The first-order chi connectivity index (χ1) is 7.71. The number of nitrogen functional groups attached to an aromatic ring is 1. The van der Waals surface area contributed by atoms with Gasteiger partial charge in [0.05, 0.1) is 5.69 Å². The van der Waals surface area contributed by atoms with Crippen LogP contribution in [0.5, 0.6) is 0 Å². The van der Waals surface area contributed by atoms with Crippen LogP contribution in [0.2, 0.25) is 0 Å². The highest BCUT2D eigenvalue weighted by molar-refractivity contribution is 5.65. The van der Waals surface area contributed by atoms with Gasteiger partial charge in [-0.3, -0.25) is 0 Å². The molecular formula is C13H19N3. The first-order valence-electron chi connectivity index (χ1n) is 6.16.